The molecule has 0 spiro atoms. The number of likely N-dealkylation sites (N-methyl/N-ethyl adjacent to an activating group) is 1. The molecule has 1 amide bonds. The lowest BCUT2D eigenvalue weighted by atomic mass is 10.3. The lowest BCUT2D eigenvalue weighted by Crippen LogP contribution is -2.37. The smallest absolute Gasteiger partial charge is 0.236 e. The number of nitrogens with one attached hydrogen (secondary N) is 1. The van der Waals surface area contributed by atoms with Gasteiger partial charge >= 0.3 is 0 Å². The van der Waals surface area contributed by atoms with E-state index in [-0.39, 0.29) is 5.91 Å². The van der Waals surface area contributed by atoms with Gasteiger partial charge in [-0.3, -0.25) is 4.79 Å². The summed E-state index contributed by atoms with van der Waals surface area (Å²) in [5.74, 6) is 0.131. The van der Waals surface area contributed by atoms with E-state index in [1.54, 1.807) is 22.0 Å². The molecule has 0 aliphatic heterocycles. The Balaban J connectivity index is 2.32. The van der Waals surface area contributed by atoms with Crippen LogP contribution in [0.15, 0.2) is 19.0 Å². The van der Waals surface area contributed by atoms with Crippen LogP contribution < -0.4 is 5.32 Å². The summed E-state index contributed by atoms with van der Waals surface area (Å²) in [6.07, 6.45) is 5.27. The molecule has 1 aromatic rings. The topological polar surface area (TPSA) is 50.2 Å². The predicted octanol–water partition coefficient (Wildman–Crippen LogP) is 0.942. The third kappa shape index (κ3) is 4.03. The van der Waals surface area contributed by atoms with E-state index in [0.29, 0.717) is 13.1 Å². The summed E-state index contributed by atoms with van der Waals surface area (Å²) in [7, 11) is 0. The number of nitrogens with zero attached hydrogens (tertiary/aromatic N) is 3. The number of hydrogen-bond acceptors (Lipinski definition) is 3. The van der Waals surface area contributed by atoms with Crippen LogP contribution in [0.1, 0.15) is 19.4 Å². The minimum atomic E-state index is 0.131. The third-order valence-electron chi connectivity index (χ3n) is 2.56. The molecule has 0 aliphatic rings. The Labute approximate surface area is 102 Å². The highest BCUT2D eigenvalue weighted by Crippen LogP contribution is 1.97. The van der Waals surface area contributed by atoms with E-state index < -0.39 is 0 Å². The minimum absolute atomic E-state index is 0.131. The maximum absolute atomic E-state index is 11.7. The largest absolute Gasteiger partial charge is 0.342 e. The first-order chi connectivity index (χ1) is 8.21. The van der Waals surface area contributed by atoms with Gasteiger partial charge in [-0.25, -0.2) is 4.68 Å². The van der Waals surface area contributed by atoms with Gasteiger partial charge in [0.15, 0.2) is 0 Å². The molecule has 1 rings (SSSR count). The molecule has 1 heterocycles. The summed E-state index contributed by atoms with van der Waals surface area (Å²) < 4.78 is 1.64. The lowest BCUT2D eigenvalue weighted by molar-refractivity contribution is -0.129. The van der Waals surface area contributed by atoms with Crippen LogP contribution in [0.2, 0.25) is 0 Å². The first-order valence-electron chi connectivity index (χ1n) is 5.85. The normalized spacial score (nSPS) is 10.2. The van der Waals surface area contributed by atoms with E-state index in [9.17, 15) is 4.79 Å². The quantitative estimate of drug-likeness (QED) is 0.766. The Morgan fingerprint density at radius 3 is 2.82 bits per heavy atom. The van der Waals surface area contributed by atoms with E-state index in [0.717, 1.165) is 18.7 Å². The number of amides is 1. The fourth-order valence-electron chi connectivity index (χ4n) is 1.57. The Hall–Kier alpha value is -1.62. The molecule has 0 radical (unpaired) electrons. The molecule has 5 heteroatoms. The van der Waals surface area contributed by atoms with Crippen molar-refractivity contribution in [2.75, 3.05) is 19.6 Å². The van der Waals surface area contributed by atoms with E-state index >= 15 is 0 Å². The molecule has 17 heavy (non-hydrogen) atoms. The zero-order valence-corrected chi connectivity index (χ0v) is 10.5. The molecule has 0 saturated heterocycles. The van der Waals surface area contributed by atoms with Crippen LogP contribution >= 0.6 is 0 Å². The van der Waals surface area contributed by atoms with Crippen LogP contribution in [0.3, 0.4) is 0 Å². The Kier molecular flexibility index (Phi) is 5.42. The van der Waals surface area contributed by atoms with E-state index in [1.165, 1.54) is 0 Å². The van der Waals surface area contributed by atoms with Crippen LogP contribution in [0.5, 0.6) is 0 Å². The molecule has 0 fully saturated rings. The zero-order chi connectivity index (χ0) is 12.7. The van der Waals surface area contributed by atoms with Crippen molar-refractivity contribution in [3.05, 3.63) is 24.5 Å². The van der Waals surface area contributed by atoms with Crippen molar-refractivity contribution in [3.63, 3.8) is 0 Å². The summed E-state index contributed by atoms with van der Waals surface area (Å²) in [5.41, 5.74) is 1.04. The van der Waals surface area contributed by atoms with Gasteiger partial charge in [-0.1, -0.05) is 6.58 Å². The van der Waals surface area contributed by atoms with Crippen molar-refractivity contribution < 1.29 is 4.79 Å². The van der Waals surface area contributed by atoms with Gasteiger partial charge in [0.2, 0.25) is 5.91 Å². The second kappa shape index (κ2) is 6.85. The standard InChI is InChI=1S/C12H20N4O/c1-4-15(5-2)12(17)9-13-7-11-8-14-16(6-3)10-11/h6,8,10,13H,3-5,7,9H2,1-2H3. The molecule has 0 bridgehead atoms. The van der Waals surface area contributed by atoms with Crippen molar-refractivity contribution in [3.8, 4) is 0 Å². The second-order valence-corrected chi connectivity index (χ2v) is 3.68. The summed E-state index contributed by atoms with van der Waals surface area (Å²) in [6, 6.07) is 0. The van der Waals surface area contributed by atoms with Crippen molar-refractivity contribution in [1.29, 1.82) is 0 Å². The van der Waals surface area contributed by atoms with E-state index in [2.05, 4.69) is 17.0 Å². The fourth-order valence-corrected chi connectivity index (χ4v) is 1.57. The van der Waals surface area contributed by atoms with Crippen molar-refractivity contribution in [2.45, 2.75) is 20.4 Å². The summed E-state index contributed by atoms with van der Waals surface area (Å²) >= 11 is 0. The van der Waals surface area contributed by atoms with E-state index in [1.807, 2.05) is 20.0 Å². The maximum Gasteiger partial charge on any atom is 0.236 e. The number of aromatic nitrogens is 2. The number of carbonyl (C=O) groups excluding carboxylic acids is 1. The molecule has 5 nitrogen and oxygen atoms in total. The predicted molar refractivity (Wildman–Crippen MR) is 68.2 cm³/mol. The maximum atomic E-state index is 11.7. The molecular weight excluding hydrogens is 216 g/mol. The Bertz CT molecular complexity index is 368. The fraction of sp³-hybridized carbons (Fsp3) is 0.500. The van der Waals surface area contributed by atoms with Gasteiger partial charge in [-0.05, 0) is 13.8 Å². The summed E-state index contributed by atoms with van der Waals surface area (Å²) in [4.78, 5) is 13.5. The molecule has 0 aromatic carbocycles. The monoisotopic (exact) mass is 236 g/mol. The number of carbonyl (C=O) groups is 1. The molecular formula is C12H20N4O. The second-order valence-electron chi connectivity index (χ2n) is 3.68. The molecule has 1 N–H and O–H groups in total. The molecule has 0 aliphatic carbocycles. The Morgan fingerprint density at radius 2 is 2.29 bits per heavy atom. The van der Waals surface area contributed by atoms with Crippen molar-refractivity contribution >= 4 is 12.1 Å². The zero-order valence-electron chi connectivity index (χ0n) is 10.5. The first kappa shape index (κ1) is 13.4. The Morgan fingerprint density at radius 1 is 1.59 bits per heavy atom. The highest BCUT2D eigenvalue weighted by atomic mass is 16.2. The van der Waals surface area contributed by atoms with Gasteiger partial charge in [-0.15, -0.1) is 0 Å². The van der Waals surface area contributed by atoms with Crippen LogP contribution in [-0.2, 0) is 11.3 Å². The highest BCUT2D eigenvalue weighted by Gasteiger charge is 2.08. The highest BCUT2D eigenvalue weighted by molar-refractivity contribution is 5.78. The summed E-state index contributed by atoms with van der Waals surface area (Å²) in [5, 5.41) is 7.17. The summed E-state index contributed by atoms with van der Waals surface area (Å²) in [6.45, 7) is 10.1. The van der Waals surface area contributed by atoms with Crippen LogP contribution in [0, 0.1) is 0 Å². The van der Waals surface area contributed by atoms with Gasteiger partial charge in [0.25, 0.3) is 0 Å². The van der Waals surface area contributed by atoms with Gasteiger partial charge in [0, 0.05) is 37.6 Å². The average molecular weight is 236 g/mol. The molecule has 0 atom stereocenters. The van der Waals surface area contributed by atoms with Crippen LogP contribution in [0.4, 0.5) is 0 Å². The molecule has 94 valence electrons. The van der Waals surface area contributed by atoms with Gasteiger partial charge < -0.3 is 10.2 Å². The number of rotatable bonds is 7. The van der Waals surface area contributed by atoms with Crippen LogP contribution in [0.25, 0.3) is 6.20 Å². The van der Waals surface area contributed by atoms with Crippen molar-refractivity contribution in [1.82, 2.24) is 20.0 Å². The SMILES string of the molecule is C=Cn1cc(CNCC(=O)N(CC)CC)cn1. The molecule has 0 unspecified atom stereocenters. The van der Waals surface area contributed by atoms with Crippen molar-refractivity contribution in [2.24, 2.45) is 0 Å². The van der Waals surface area contributed by atoms with Gasteiger partial charge in [0.05, 0.1) is 12.7 Å². The van der Waals surface area contributed by atoms with E-state index in [4.69, 9.17) is 0 Å². The average Bonchev–Trinajstić information content (AvgIpc) is 2.78. The lowest BCUT2D eigenvalue weighted by Gasteiger charge is -2.18. The first-order valence-corrected chi connectivity index (χ1v) is 5.85. The van der Waals surface area contributed by atoms with Gasteiger partial charge in [-0.2, -0.15) is 5.10 Å². The van der Waals surface area contributed by atoms with Crippen LogP contribution in [-0.4, -0.2) is 40.2 Å². The van der Waals surface area contributed by atoms with Gasteiger partial charge in [0.1, 0.15) is 0 Å². The third-order valence-corrected chi connectivity index (χ3v) is 2.56. The molecule has 0 saturated carbocycles. The molecule has 1 aromatic heterocycles. The number of hydrogen-bond donors (Lipinski definition) is 1. The minimum Gasteiger partial charge on any atom is -0.342 e.